The van der Waals surface area contributed by atoms with E-state index in [1.807, 2.05) is 13.0 Å². The molecule has 0 bridgehead atoms. The average Bonchev–Trinajstić information content (AvgIpc) is 2.37. The van der Waals surface area contributed by atoms with E-state index in [9.17, 15) is 4.39 Å². The first-order valence-corrected chi connectivity index (χ1v) is 5.83. The summed E-state index contributed by atoms with van der Waals surface area (Å²) < 4.78 is 13.5. The summed E-state index contributed by atoms with van der Waals surface area (Å²) in [5, 5.41) is 0.0948. The van der Waals surface area contributed by atoms with Crippen molar-refractivity contribution >= 4 is 11.6 Å². The fraction of sp³-hybridized carbons (Fsp3) is 0.154. The largest absolute Gasteiger partial charge is 0.271 e. The third-order valence-electron chi connectivity index (χ3n) is 2.83. The molecule has 0 fully saturated rings. The summed E-state index contributed by atoms with van der Waals surface area (Å²) >= 11 is 5.67. The normalized spacial score (nSPS) is 12.4. The first-order chi connectivity index (χ1) is 8.63. The molecule has 1 heterocycles. The Balaban J connectivity index is 2.45. The molecule has 0 radical (unpaired) electrons. The number of aromatic nitrogens is 1. The van der Waals surface area contributed by atoms with Gasteiger partial charge >= 0.3 is 0 Å². The predicted octanol–water partition coefficient (Wildman–Crippen LogP) is 2.74. The Kier molecular flexibility index (Phi) is 3.91. The van der Waals surface area contributed by atoms with E-state index < -0.39 is 5.82 Å². The summed E-state index contributed by atoms with van der Waals surface area (Å²) in [6, 6.07) is 6.20. The maximum absolute atomic E-state index is 13.5. The maximum atomic E-state index is 13.5. The molecule has 0 spiro atoms. The Morgan fingerprint density at radius 3 is 2.78 bits per heavy atom. The minimum atomic E-state index is -0.462. The lowest BCUT2D eigenvalue weighted by atomic mass is 9.97. The molecule has 3 nitrogen and oxygen atoms in total. The van der Waals surface area contributed by atoms with Crippen LogP contribution in [-0.2, 0) is 0 Å². The van der Waals surface area contributed by atoms with E-state index in [1.54, 1.807) is 18.5 Å². The van der Waals surface area contributed by atoms with Gasteiger partial charge in [-0.05, 0) is 41.8 Å². The van der Waals surface area contributed by atoms with Crippen molar-refractivity contribution in [2.24, 2.45) is 5.84 Å². The van der Waals surface area contributed by atoms with Gasteiger partial charge in [0.1, 0.15) is 5.82 Å². The molecule has 0 aliphatic rings. The summed E-state index contributed by atoms with van der Waals surface area (Å²) in [6.07, 6.45) is 3.42. The van der Waals surface area contributed by atoms with Gasteiger partial charge in [0, 0.05) is 12.4 Å². The lowest BCUT2D eigenvalue weighted by Crippen LogP contribution is -2.29. The van der Waals surface area contributed by atoms with Crippen molar-refractivity contribution in [1.29, 1.82) is 0 Å². The van der Waals surface area contributed by atoms with E-state index in [2.05, 4.69) is 10.4 Å². The SMILES string of the molecule is Cc1ccncc1C(NN)c1ccc(Cl)c(F)c1. The molecule has 1 aromatic carbocycles. The number of hydrogen-bond acceptors (Lipinski definition) is 3. The van der Waals surface area contributed by atoms with Crippen LogP contribution in [0.2, 0.25) is 5.02 Å². The molecule has 1 unspecified atom stereocenters. The fourth-order valence-electron chi connectivity index (χ4n) is 1.84. The summed E-state index contributed by atoms with van der Waals surface area (Å²) in [6.45, 7) is 1.95. The van der Waals surface area contributed by atoms with Crippen LogP contribution in [0.5, 0.6) is 0 Å². The van der Waals surface area contributed by atoms with E-state index in [-0.39, 0.29) is 11.1 Å². The molecule has 0 saturated carbocycles. The molecule has 94 valence electrons. The van der Waals surface area contributed by atoms with E-state index in [0.717, 1.165) is 11.1 Å². The highest BCUT2D eigenvalue weighted by Crippen LogP contribution is 2.26. The standard InChI is InChI=1S/C13H13ClFN3/c1-8-4-5-17-7-10(8)13(18-16)9-2-3-11(14)12(15)6-9/h2-7,13,18H,16H2,1H3. The van der Waals surface area contributed by atoms with Crippen LogP contribution in [0.3, 0.4) is 0 Å². The number of benzene rings is 1. The van der Waals surface area contributed by atoms with Gasteiger partial charge in [-0.3, -0.25) is 10.8 Å². The number of hydrazine groups is 1. The van der Waals surface area contributed by atoms with Gasteiger partial charge in [0.25, 0.3) is 0 Å². The van der Waals surface area contributed by atoms with Crippen molar-refractivity contribution in [3.05, 3.63) is 64.2 Å². The molecule has 0 aliphatic heterocycles. The van der Waals surface area contributed by atoms with Crippen LogP contribution in [0, 0.1) is 12.7 Å². The second kappa shape index (κ2) is 5.44. The average molecular weight is 266 g/mol. The predicted molar refractivity (Wildman–Crippen MR) is 69.6 cm³/mol. The van der Waals surface area contributed by atoms with Crippen LogP contribution >= 0.6 is 11.6 Å². The van der Waals surface area contributed by atoms with Crippen LogP contribution in [0.1, 0.15) is 22.7 Å². The summed E-state index contributed by atoms with van der Waals surface area (Å²) in [4.78, 5) is 4.06. The van der Waals surface area contributed by atoms with Gasteiger partial charge in [0.05, 0.1) is 11.1 Å². The third-order valence-corrected chi connectivity index (χ3v) is 3.14. The van der Waals surface area contributed by atoms with Crippen molar-refractivity contribution in [2.75, 3.05) is 0 Å². The first-order valence-electron chi connectivity index (χ1n) is 5.45. The summed E-state index contributed by atoms with van der Waals surface area (Å²) in [5.74, 6) is 5.10. The third kappa shape index (κ3) is 2.51. The van der Waals surface area contributed by atoms with E-state index in [0.29, 0.717) is 5.56 Å². The summed E-state index contributed by atoms with van der Waals surface area (Å²) in [7, 11) is 0. The highest BCUT2D eigenvalue weighted by Gasteiger charge is 2.16. The Morgan fingerprint density at radius 2 is 2.17 bits per heavy atom. The van der Waals surface area contributed by atoms with Crippen molar-refractivity contribution < 1.29 is 4.39 Å². The van der Waals surface area contributed by atoms with Crippen LogP contribution in [0.25, 0.3) is 0 Å². The molecule has 2 rings (SSSR count). The molecule has 1 atom stereocenters. The number of nitrogens with one attached hydrogen (secondary N) is 1. The zero-order valence-electron chi connectivity index (χ0n) is 9.82. The van der Waals surface area contributed by atoms with Gasteiger partial charge in [-0.25, -0.2) is 9.82 Å². The quantitative estimate of drug-likeness (QED) is 0.663. The lowest BCUT2D eigenvalue weighted by Gasteiger charge is -2.18. The van der Waals surface area contributed by atoms with Gasteiger partial charge in [0.2, 0.25) is 0 Å². The number of pyridine rings is 1. The fourth-order valence-corrected chi connectivity index (χ4v) is 1.95. The van der Waals surface area contributed by atoms with Crippen molar-refractivity contribution in [3.8, 4) is 0 Å². The van der Waals surface area contributed by atoms with Crippen LogP contribution < -0.4 is 11.3 Å². The van der Waals surface area contributed by atoms with Crippen LogP contribution in [0.15, 0.2) is 36.7 Å². The highest BCUT2D eigenvalue weighted by atomic mass is 35.5. The Morgan fingerprint density at radius 1 is 1.39 bits per heavy atom. The zero-order chi connectivity index (χ0) is 13.1. The van der Waals surface area contributed by atoms with Gasteiger partial charge in [0.15, 0.2) is 0 Å². The highest BCUT2D eigenvalue weighted by molar-refractivity contribution is 6.30. The topological polar surface area (TPSA) is 50.9 Å². The van der Waals surface area contributed by atoms with Crippen molar-refractivity contribution in [2.45, 2.75) is 13.0 Å². The van der Waals surface area contributed by atoms with Gasteiger partial charge in [-0.15, -0.1) is 0 Å². The van der Waals surface area contributed by atoms with Gasteiger partial charge < -0.3 is 0 Å². The molecule has 5 heteroatoms. The smallest absolute Gasteiger partial charge is 0.142 e. The van der Waals surface area contributed by atoms with E-state index in [1.165, 1.54) is 12.1 Å². The second-order valence-corrected chi connectivity index (χ2v) is 4.41. The molecule has 0 amide bonds. The number of rotatable bonds is 3. The van der Waals surface area contributed by atoms with Crippen molar-refractivity contribution in [1.82, 2.24) is 10.4 Å². The zero-order valence-corrected chi connectivity index (χ0v) is 10.6. The molecule has 18 heavy (non-hydrogen) atoms. The second-order valence-electron chi connectivity index (χ2n) is 4.01. The van der Waals surface area contributed by atoms with Crippen LogP contribution in [0.4, 0.5) is 4.39 Å². The Bertz CT molecular complexity index is 560. The van der Waals surface area contributed by atoms with Crippen LogP contribution in [-0.4, -0.2) is 4.98 Å². The number of aryl methyl sites for hydroxylation is 1. The first kappa shape index (κ1) is 13.0. The van der Waals surface area contributed by atoms with Gasteiger partial charge in [-0.1, -0.05) is 17.7 Å². The van der Waals surface area contributed by atoms with E-state index >= 15 is 0 Å². The minimum absolute atomic E-state index is 0.0948. The Hall–Kier alpha value is -1.49. The van der Waals surface area contributed by atoms with E-state index in [4.69, 9.17) is 17.4 Å². The molecule has 3 N–H and O–H groups in total. The van der Waals surface area contributed by atoms with Gasteiger partial charge in [-0.2, -0.15) is 0 Å². The molecular formula is C13H13ClFN3. The number of hydrogen-bond donors (Lipinski definition) is 2. The molecule has 0 saturated heterocycles. The molecular weight excluding hydrogens is 253 g/mol. The Labute approximate surface area is 110 Å². The number of nitrogens with two attached hydrogens (primary N) is 1. The maximum Gasteiger partial charge on any atom is 0.142 e. The summed E-state index contributed by atoms with van der Waals surface area (Å²) in [5.41, 5.74) is 5.31. The molecule has 1 aromatic heterocycles. The number of halogens is 2. The molecule has 2 aromatic rings. The molecule has 0 aliphatic carbocycles. The van der Waals surface area contributed by atoms with Crippen molar-refractivity contribution in [3.63, 3.8) is 0 Å². The number of nitrogens with zero attached hydrogens (tertiary/aromatic N) is 1. The lowest BCUT2D eigenvalue weighted by molar-refractivity contribution is 0.603. The minimum Gasteiger partial charge on any atom is -0.271 e. The monoisotopic (exact) mass is 265 g/mol.